The summed E-state index contributed by atoms with van der Waals surface area (Å²) < 4.78 is 12.8. The van der Waals surface area contributed by atoms with Crippen molar-refractivity contribution in [1.82, 2.24) is 15.0 Å². The normalized spacial score (nSPS) is 16.3. The fourth-order valence-electron chi connectivity index (χ4n) is 7.08. The van der Waals surface area contributed by atoms with Gasteiger partial charge in [0.05, 0.1) is 0 Å². The first-order valence-corrected chi connectivity index (χ1v) is 16.2. The van der Waals surface area contributed by atoms with E-state index in [2.05, 4.69) is 109 Å². The quantitative estimate of drug-likeness (QED) is 0.197. The summed E-state index contributed by atoms with van der Waals surface area (Å²) in [6.45, 7) is 0. The lowest BCUT2D eigenvalue weighted by molar-refractivity contribution is 0.269. The third-order valence-corrected chi connectivity index (χ3v) is 9.47. The summed E-state index contributed by atoms with van der Waals surface area (Å²) in [5.74, 6) is 3.07. The van der Waals surface area contributed by atoms with Gasteiger partial charge in [-0.05, 0) is 58.3 Å². The lowest BCUT2D eigenvalue weighted by Gasteiger charge is -2.13. The van der Waals surface area contributed by atoms with E-state index in [1.807, 2.05) is 42.5 Å². The Balaban J connectivity index is 1.11. The highest BCUT2D eigenvalue weighted by Crippen LogP contribution is 2.44. The third-order valence-electron chi connectivity index (χ3n) is 9.47. The molecule has 5 heteroatoms. The number of rotatable bonds is 4. The average Bonchev–Trinajstić information content (AvgIpc) is 3.72. The zero-order valence-corrected chi connectivity index (χ0v) is 25.7. The molecule has 0 radical (unpaired) electrons. The lowest BCUT2D eigenvalue weighted by Crippen LogP contribution is -2.15. The molecule has 0 fully saturated rings. The smallest absolute Gasteiger partial charge is 0.164 e. The molecule has 1 aliphatic heterocycles. The molecule has 0 spiro atoms. The summed E-state index contributed by atoms with van der Waals surface area (Å²) in [4.78, 5) is 15.1. The molecule has 10 rings (SSSR count). The van der Waals surface area contributed by atoms with Crippen molar-refractivity contribution < 1.29 is 9.15 Å². The SMILES string of the molecule is C1=CC2Oc3cc(-c4ccc5c(c4)oc4cccc(-c6nc(-c7ccccc7)nc(-c7ccc8ccccc8c7)n6)c45)ccc3C2C=C1. The summed E-state index contributed by atoms with van der Waals surface area (Å²) >= 11 is 0. The zero-order chi connectivity index (χ0) is 31.6. The Bertz CT molecular complexity index is 2620. The Kier molecular flexibility index (Phi) is 5.93. The number of nitrogens with zero attached hydrogens (tertiary/aromatic N) is 3. The van der Waals surface area contributed by atoms with Crippen LogP contribution in [0, 0.1) is 0 Å². The lowest BCUT2D eigenvalue weighted by atomic mass is 9.91. The standard InChI is InChI=1S/C43H27N3O2/c1-2-10-27(11-3-1)41-44-42(31-18-17-26-9-4-5-12-28(26)23-31)46-43(45-41)35-14-8-16-37-40(35)34-22-20-30(25-39(34)48-37)29-19-21-33-32-13-6-7-15-36(32)47-38(33)24-29/h1-25,32,36H. The van der Waals surface area contributed by atoms with Gasteiger partial charge in [-0.15, -0.1) is 0 Å². The molecule has 3 heterocycles. The number of hydrogen-bond donors (Lipinski definition) is 0. The molecular weight excluding hydrogens is 590 g/mol. The first-order valence-electron chi connectivity index (χ1n) is 16.2. The van der Waals surface area contributed by atoms with Crippen molar-refractivity contribution in [3.8, 4) is 51.0 Å². The highest BCUT2D eigenvalue weighted by molar-refractivity contribution is 6.12. The maximum absolute atomic E-state index is 6.50. The maximum atomic E-state index is 6.50. The van der Waals surface area contributed by atoms with Crippen molar-refractivity contribution in [3.05, 3.63) is 157 Å². The summed E-state index contributed by atoms with van der Waals surface area (Å²) in [6, 6.07) is 43.8. The van der Waals surface area contributed by atoms with Crippen LogP contribution in [0.25, 0.3) is 78.0 Å². The van der Waals surface area contributed by atoms with E-state index in [1.54, 1.807) is 0 Å². The molecule has 6 aromatic carbocycles. The predicted octanol–water partition coefficient (Wildman–Crippen LogP) is 10.6. The second kappa shape index (κ2) is 10.6. The number of ether oxygens (including phenoxy) is 1. The first kappa shape index (κ1) is 26.8. The fraction of sp³-hybridized carbons (Fsp3) is 0.0465. The Labute approximate surface area is 276 Å². The summed E-state index contributed by atoms with van der Waals surface area (Å²) in [5, 5.41) is 4.30. The van der Waals surface area contributed by atoms with Crippen LogP contribution >= 0.6 is 0 Å². The number of benzene rings is 6. The van der Waals surface area contributed by atoms with Crippen LogP contribution in [-0.4, -0.2) is 21.1 Å². The van der Waals surface area contributed by atoms with Gasteiger partial charge in [-0.25, -0.2) is 15.0 Å². The minimum Gasteiger partial charge on any atom is -0.485 e. The van der Waals surface area contributed by atoms with E-state index in [4.69, 9.17) is 24.1 Å². The van der Waals surface area contributed by atoms with Crippen molar-refractivity contribution >= 4 is 32.7 Å². The molecule has 0 N–H and O–H groups in total. The molecule has 0 bridgehead atoms. The van der Waals surface area contributed by atoms with Gasteiger partial charge in [-0.1, -0.05) is 115 Å². The average molecular weight is 618 g/mol. The van der Waals surface area contributed by atoms with Crippen LogP contribution in [-0.2, 0) is 0 Å². The zero-order valence-electron chi connectivity index (χ0n) is 25.7. The fourth-order valence-corrected chi connectivity index (χ4v) is 7.08. The molecule has 2 unspecified atom stereocenters. The van der Waals surface area contributed by atoms with Gasteiger partial charge < -0.3 is 9.15 Å². The van der Waals surface area contributed by atoms with Gasteiger partial charge in [0.15, 0.2) is 17.5 Å². The Morgan fingerprint density at radius 3 is 2.17 bits per heavy atom. The van der Waals surface area contributed by atoms with E-state index in [1.165, 1.54) is 10.9 Å². The summed E-state index contributed by atoms with van der Waals surface area (Å²) in [5.41, 5.74) is 7.75. The van der Waals surface area contributed by atoms with Gasteiger partial charge >= 0.3 is 0 Å². The molecule has 0 saturated heterocycles. The molecule has 8 aromatic rings. The summed E-state index contributed by atoms with van der Waals surface area (Å²) in [6.07, 6.45) is 8.57. The van der Waals surface area contributed by atoms with Gasteiger partial charge in [0, 0.05) is 38.9 Å². The van der Waals surface area contributed by atoms with Crippen molar-refractivity contribution in [2.75, 3.05) is 0 Å². The minimum absolute atomic E-state index is 0.0658. The van der Waals surface area contributed by atoms with Crippen molar-refractivity contribution in [3.63, 3.8) is 0 Å². The number of aromatic nitrogens is 3. The van der Waals surface area contributed by atoms with Crippen LogP contribution in [0.1, 0.15) is 11.5 Å². The first-order chi connectivity index (χ1) is 23.7. The van der Waals surface area contributed by atoms with E-state index in [9.17, 15) is 0 Å². The number of furan rings is 1. The van der Waals surface area contributed by atoms with Crippen LogP contribution in [0.5, 0.6) is 5.75 Å². The highest BCUT2D eigenvalue weighted by atomic mass is 16.5. The Hall–Kier alpha value is -6.33. The van der Waals surface area contributed by atoms with Crippen molar-refractivity contribution in [2.45, 2.75) is 12.0 Å². The van der Waals surface area contributed by atoms with Crippen LogP contribution in [0.2, 0.25) is 0 Å². The van der Waals surface area contributed by atoms with E-state index >= 15 is 0 Å². The third kappa shape index (κ3) is 4.36. The van der Waals surface area contributed by atoms with E-state index < -0.39 is 0 Å². The number of fused-ring (bicyclic) bond motifs is 7. The van der Waals surface area contributed by atoms with Crippen LogP contribution in [0.15, 0.2) is 156 Å². The molecule has 2 aromatic heterocycles. The molecule has 2 aliphatic rings. The Morgan fingerprint density at radius 1 is 0.500 bits per heavy atom. The van der Waals surface area contributed by atoms with Crippen LogP contribution < -0.4 is 4.74 Å². The van der Waals surface area contributed by atoms with Crippen LogP contribution in [0.3, 0.4) is 0 Å². The van der Waals surface area contributed by atoms with Crippen molar-refractivity contribution in [2.24, 2.45) is 0 Å². The van der Waals surface area contributed by atoms with Gasteiger partial charge in [0.2, 0.25) is 0 Å². The van der Waals surface area contributed by atoms with E-state index in [0.29, 0.717) is 17.5 Å². The molecule has 226 valence electrons. The molecule has 48 heavy (non-hydrogen) atoms. The minimum atomic E-state index is 0.0658. The second-order valence-electron chi connectivity index (χ2n) is 12.4. The van der Waals surface area contributed by atoms with E-state index in [0.717, 1.165) is 60.9 Å². The molecule has 5 nitrogen and oxygen atoms in total. The molecule has 0 amide bonds. The highest BCUT2D eigenvalue weighted by Gasteiger charge is 2.32. The van der Waals surface area contributed by atoms with Crippen LogP contribution in [0.4, 0.5) is 0 Å². The molecule has 0 saturated carbocycles. The van der Waals surface area contributed by atoms with Gasteiger partial charge in [0.1, 0.15) is 23.0 Å². The number of hydrogen-bond acceptors (Lipinski definition) is 5. The number of allylic oxidation sites excluding steroid dienone is 2. The predicted molar refractivity (Wildman–Crippen MR) is 192 cm³/mol. The largest absolute Gasteiger partial charge is 0.485 e. The van der Waals surface area contributed by atoms with Crippen molar-refractivity contribution in [1.29, 1.82) is 0 Å². The van der Waals surface area contributed by atoms with Gasteiger partial charge in [0.25, 0.3) is 0 Å². The van der Waals surface area contributed by atoms with E-state index in [-0.39, 0.29) is 12.0 Å². The molecular formula is C43H27N3O2. The monoisotopic (exact) mass is 617 g/mol. The van der Waals surface area contributed by atoms with Gasteiger partial charge in [-0.3, -0.25) is 0 Å². The van der Waals surface area contributed by atoms with Gasteiger partial charge in [-0.2, -0.15) is 0 Å². The second-order valence-corrected chi connectivity index (χ2v) is 12.4. The maximum Gasteiger partial charge on any atom is 0.164 e. The molecule has 1 aliphatic carbocycles. The topological polar surface area (TPSA) is 61.0 Å². The summed E-state index contributed by atoms with van der Waals surface area (Å²) in [7, 11) is 0. The molecule has 2 atom stereocenters. The Morgan fingerprint density at radius 2 is 1.25 bits per heavy atom.